The van der Waals surface area contributed by atoms with E-state index >= 15 is 0 Å². The molecule has 0 aliphatic rings. The van der Waals surface area contributed by atoms with Crippen LogP contribution in [0.5, 0.6) is 0 Å². The van der Waals surface area contributed by atoms with Gasteiger partial charge in [0.1, 0.15) is 0 Å². The highest BCUT2D eigenvalue weighted by atomic mass is 28.4. The average Bonchev–Trinajstić information content (AvgIpc) is 2.52. The Labute approximate surface area is 145 Å². The fraction of sp³-hybridized carbons (Fsp3) is 1.00. The molecule has 0 aliphatic heterocycles. The van der Waals surface area contributed by atoms with Crippen LogP contribution < -0.4 is 5.73 Å². The normalized spacial score (nSPS) is 14.2. The first kappa shape index (κ1) is 23.1. The number of rotatable bonds is 15. The first-order valence-corrected chi connectivity index (χ1v) is 11.2. The first-order valence-electron chi connectivity index (χ1n) is 9.29. The van der Waals surface area contributed by atoms with Crippen molar-refractivity contribution in [1.29, 1.82) is 0 Å². The lowest BCUT2D eigenvalue weighted by Gasteiger charge is -2.35. The largest absolute Gasteiger partial charge is 0.500 e. The van der Waals surface area contributed by atoms with Gasteiger partial charge >= 0.3 is 8.80 Å². The Bertz CT molecular complexity index is 270. The molecule has 140 valence electrons. The number of nitrogens with two attached hydrogens (primary N) is 1. The third-order valence-electron chi connectivity index (χ3n) is 4.89. The van der Waals surface area contributed by atoms with E-state index in [-0.39, 0.29) is 5.54 Å². The molecule has 0 saturated heterocycles. The van der Waals surface area contributed by atoms with E-state index in [4.69, 9.17) is 19.0 Å². The minimum absolute atomic E-state index is 0.241. The Morgan fingerprint density at radius 1 is 0.826 bits per heavy atom. The van der Waals surface area contributed by atoms with Crippen molar-refractivity contribution in [3.63, 3.8) is 0 Å². The average molecular weight is 348 g/mol. The molecule has 0 fully saturated rings. The summed E-state index contributed by atoms with van der Waals surface area (Å²) in [6.45, 7) is 6.46. The summed E-state index contributed by atoms with van der Waals surface area (Å²) in [6, 6.07) is 0.788. The molecule has 23 heavy (non-hydrogen) atoms. The predicted molar refractivity (Wildman–Crippen MR) is 101 cm³/mol. The Morgan fingerprint density at radius 2 is 1.26 bits per heavy atom. The summed E-state index contributed by atoms with van der Waals surface area (Å²) in [7, 11) is 2.47. The van der Waals surface area contributed by atoms with Crippen molar-refractivity contribution in [3.05, 3.63) is 0 Å². The quantitative estimate of drug-likeness (QED) is 0.343. The fourth-order valence-electron chi connectivity index (χ4n) is 3.06. The lowest BCUT2D eigenvalue weighted by Crippen LogP contribution is -2.50. The summed E-state index contributed by atoms with van der Waals surface area (Å²) in [6.07, 6.45) is 11.8. The number of unbranched alkanes of at least 4 members (excludes halogenated alkanes) is 7. The van der Waals surface area contributed by atoms with E-state index in [2.05, 4.69) is 20.8 Å². The molecule has 4 nitrogen and oxygen atoms in total. The van der Waals surface area contributed by atoms with Crippen molar-refractivity contribution < 1.29 is 13.3 Å². The van der Waals surface area contributed by atoms with E-state index in [0.717, 1.165) is 12.5 Å². The third-order valence-corrected chi connectivity index (χ3v) is 7.75. The molecule has 5 heteroatoms. The van der Waals surface area contributed by atoms with E-state index in [1.807, 2.05) is 0 Å². The second-order valence-electron chi connectivity index (χ2n) is 7.28. The van der Waals surface area contributed by atoms with Crippen molar-refractivity contribution in [1.82, 2.24) is 0 Å². The van der Waals surface area contributed by atoms with Gasteiger partial charge in [-0.1, -0.05) is 58.3 Å². The van der Waals surface area contributed by atoms with Gasteiger partial charge in [0.25, 0.3) is 0 Å². The van der Waals surface area contributed by atoms with Crippen LogP contribution in [0.25, 0.3) is 0 Å². The highest BCUT2D eigenvalue weighted by molar-refractivity contribution is 6.60. The fourth-order valence-corrected chi connectivity index (χ4v) is 5.40. The van der Waals surface area contributed by atoms with E-state index in [0.29, 0.717) is 5.92 Å². The molecule has 0 bridgehead atoms. The zero-order valence-corrected chi connectivity index (χ0v) is 17.5. The van der Waals surface area contributed by atoms with Gasteiger partial charge in [-0.05, 0) is 26.2 Å². The van der Waals surface area contributed by atoms with Crippen LogP contribution in [0.1, 0.15) is 78.6 Å². The second kappa shape index (κ2) is 12.4. The third kappa shape index (κ3) is 9.82. The van der Waals surface area contributed by atoms with Gasteiger partial charge in [-0.15, -0.1) is 0 Å². The van der Waals surface area contributed by atoms with Gasteiger partial charge in [-0.2, -0.15) is 0 Å². The maximum atomic E-state index is 6.40. The molecular weight excluding hydrogens is 306 g/mol. The summed E-state index contributed by atoms with van der Waals surface area (Å²) >= 11 is 0. The monoisotopic (exact) mass is 347 g/mol. The van der Waals surface area contributed by atoms with E-state index < -0.39 is 8.80 Å². The van der Waals surface area contributed by atoms with Crippen LogP contribution >= 0.6 is 0 Å². The van der Waals surface area contributed by atoms with Gasteiger partial charge in [-0.3, -0.25) is 0 Å². The Balaban J connectivity index is 4.22. The Kier molecular flexibility index (Phi) is 12.5. The Morgan fingerprint density at radius 3 is 1.65 bits per heavy atom. The zero-order valence-electron chi connectivity index (χ0n) is 16.5. The summed E-state index contributed by atoms with van der Waals surface area (Å²) in [5.41, 5.74) is 6.16. The van der Waals surface area contributed by atoms with Crippen LogP contribution in [-0.2, 0) is 13.3 Å². The van der Waals surface area contributed by atoms with Gasteiger partial charge in [0.15, 0.2) is 0 Å². The predicted octanol–water partition coefficient (Wildman–Crippen LogP) is 4.75. The van der Waals surface area contributed by atoms with Crippen LogP contribution in [0.3, 0.4) is 0 Å². The maximum absolute atomic E-state index is 6.40. The van der Waals surface area contributed by atoms with Crippen molar-refractivity contribution >= 4 is 8.80 Å². The van der Waals surface area contributed by atoms with E-state index in [1.54, 1.807) is 21.3 Å². The molecule has 0 aromatic heterocycles. The molecule has 0 amide bonds. The second-order valence-corrected chi connectivity index (χ2v) is 10.3. The van der Waals surface area contributed by atoms with Crippen LogP contribution in [-0.4, -0.2) is 35.7 Å². The summed E-state index contributed by atoms with van der Waals surface area (Å²) in [5.74, 6) is 0.356. The minimum Gasteiger partial charge on any atom is -0.377 e. The van der Waals surface area contributed by atoms with Gasteiger partial charge in [0, 0.05) is 32.9 Å². The molecule has 1 unspecified atom stereocenters. The molecule has 0 aromatic rings. The van der Waals surface area contributed by atoms with E-state index in [9.17, 15) is 0 Å². The molecule has 0 heterocycles. The van der Waals surface area contributed by atoms with Crippen molar-refractivity contribution in [2.45, 2.75) is 90.1 Å². The molecule has 0 aromatic carbocycles. The van der Waals surface area contributed by atoms with Gasteiger partial charge in [-0.25, -0.2) is 0 Å². The summed E-state index contributed by atoms with van der Waals surface area (Å²) in [4.78, 5) is 0. The van der Waals surface area contributed by atoms with Gasteiger partial charge in [0.05, 0.1) is 0 Å². The standard InChI is InChI=1S/C18H41NO3Si/c1-7-8-9-10-11-12-13-14-15-17(18(2,3)19)16-23(20-4,21-5)22-6/h17H,7-16,19H2,1-6H3. The van der Waals surface area contributed by atoms with Crippen molar-refractivity contribution in [2.24, 2.45) is 11.7 Å². The molecular formula is C18H41NO3Si. The summed E-state index contributed by atoms with van der Waals surface area (Å²) < 4.78 is 16.7. The molecule has 0 spiro atoms. The van der Waals surface area contributed by atoms with Gasteiger partial charge in [0.2, 0.25) is 0 Å². The first-order chi connectivity index (χ1) is 10.8. The molecule has 0 radical (unpaired) electrons. The minimum atomic E-state index is -2.56. The van der Waals surface area contributed by atoms with Crippen molar-refractivity contribution in [2.75, 3.05) is 21.3 Å². The lowest BCUT2D eigenvalue weighted by molar-refractivity contribution is 0.111. The van der Waals surface area contributed by atoms with Crippen LogP contribution in [0.2, 0.25) is 6.04 Å². The van der Waals surface area contributed by atoms with Gasteiger partial charge < -0.3 is 19.0 Å². The zero-order chi connectivity index (χ0) is 17.8. The maximum Gasteiger partial charge on any atom is 0.500 e. The molecule has 0 rings (SSSR count). The molecule has 0 aliphatic carbocycles. The molecule has 0 saturated carbocycles. The molecule has 2 N–H and O–H groups in total. The van der Waals surface area contributed by atoms with Crippen LogP contribution in [0, 0.1) is 5.92 Å². The van der Waals surface area contributed by atoms with Crippen LogP contribution in [0.4, 0.5) is 0 Å². The Hall–Kier alpha value is 0.0569. The highest BCUT2D eigenvalue weighted by Gasteiger charge is 2.43. The van der Waals surface area contributed by atoms with Crippen LogP contribution in [0.15, 0.2) is 0 Å². The molecule has 1 atom stereocenters. The smallest absolute Gasteiger partial charge is 0.377 e. The topological polar surface area (TPSA) is 53.7 Å². The van der Waals surface area contributed by atoms with E-state index in [1.165, 1.54) is 51.4 Å². The highest BCUT2D eigenvalue weighted by Crippen LogP contribution is 2.31. The summed E-state index contributed by atoms with van der Waals surface area (Å²) in [5, 5.41) is 0. The lowest BCUT2D eigenvalue weighted by atomic mass is 9.85. The SMILES string of the molecule is CCCCCCCCCCC(C[Si](OC)(OC)OC)C(C)(C)N. The number of hydrogen-bond acceptors (Lipinski definition) is 4. The van der Waals surface area contributed by atoms with Crippen molar-refractivity contribution in [3.8, 4) is 0 Å². The number of hydrogen-bond donors (Lipinski definition) is 1.